The molecule has 1 aliphatic carbocycles. The van der Waals surface area contributed by atoms with Crippen LogP contribution in [0.4, 0.5) is 0 Å². The molecule has 0 N–H and O–H groups in total. The predicted octanol–water partition coefficient (Wildman–Crippen LogP) is 8.95. The standard InChI is InChI=1S/C39H37OPSi/c1-5-25-40-39-35(30-17-9-6-10-18-30)26-29(2)27-38(39)42(3,4)37-28-36(33-23-15-16-24-34(33)37)41(31-19-11-7-12-20-31)32-21-13-8-14-22-32/h5-24,26-28,37H,1,25H2,2-4H3. The van der Waals surface area contributed by atoms with Gasteiger partial charge in [0.05, 0.1) is 8.07 Å². The minimum atomic E-state index is -2.20. The Balaban J connectivity index is 1.55. The Kier molecular flexibility index (Phi) is 8.11. The summed E-state index contributed by atoms with van der Waals surface area (Å²) < 4.78 is 6.57. The topological polar surface area (TPSA) is 9.23 Å². The molecule has 1 atom stereocenters. The van der Waals surface area contributed by atoms with E-state index in [1.165, 1.54) is 48.9 Å². The fraction of sp³-hybridized carbons (Fsp3) is 0.128. The summed E-state index contributed by atoms with van der Waals surface area (Å²) >= 11 is 0. The first-order chi connectivity index (χ1) is 20.5. The van der Waals surface area contributed by atoms with Gasteiger partial charge in [-0.1, -0.05) is 159 Å². The molecule has 208 valence electrons. The summed E-state index contributed by atoms with van der Waals surface area (Å²) in [6, 6.07) is 46.5. The minimum Gasteiger partial charge on any atom is -0.489 e. The fourth-order valence-corrected chi connectivity index (χ4v) is 12.3. The van der Waals surface area contributed by atoms with Gasteiger partial charge in [-0.25, -0.2) is 0 Å². The zero-order chi connectivity index (χ0) is 29.1. The van der Waals surface area contributed by atoms with Crippen LogP contribution in [-0.2, 0) is 0 Å². The molecule has 5 aromatic carbocycles. The summed E-state index contributed by atoms with van der Waals surface area (Å²) in [4.78, 5) is 0. The molecule has 5 aromatic rings. The Morgan fingerprint density at radius 3 is 1.93 bits per heavy atom. The molecule has 0 aliphatic heterocycles. The third-order valence-corrected chi connectivity index (χ3v) is 14.6. The largest absolute Gasteiger partial charge is 0.489 e. The lowest BCUT2D eigenvalue weighted by Crippen LogP contribution is -2.47. The molecule has 0 spiro atoms. The van der Waals surface area contributed by atoms with Crippen LogP contribution in [0.1, 0.15) is 22.2 Å². The molecule has 3 heteroatoms. The Morgan fingerprint density at radius 1 is 0.738 bits per heavy atom. The molecular weight excluding hydrogens is 543 g/mol. The summed E-state index contributed by atoms with van der Waals surface area (Å²) in [5.74, 6) is 1.01. The second-order valence-corrected chi connectivity index (χ2v) is 18.3. The van der Waals surface area contributed by atoms with Gasteiger partial charge < -0.3 is 4.74 Å². The maximum Gasteiger partial charge on any atom is 0.126 e. The highest BCUT2D eigenvalue weighted by Crippen LogP contribution is 2.56. The van der Waals surface area contributed by atoms with Crippen LogP contribution in [0, 0.1) is 6.92 Å². The molecule has 0 saturated carbocycles. The van der Waals surface area contributed by atoms with Crippen LogP contribution in [0.5, 0.6) is 5.75 Å². The van der Waals surface area contributed by atoms with Gasteiger partial charge in [-0.3, -0.25) is 0 Å². The van der Waals surface area contributed by atoms with E-state index in [1.807, 2.05) is 6.08 Å². The number of benzene rings is 5. The average molecular weight is 581 g/mol. The molecule has 0 heterocycles. The van der Waals surface area contributed by atoms with E-state index in [0.717, 1.165) is 5.75 Å². The number of ether oxygens (including phenoxy) is 1. The van der Waals surface area contributed by atoms with Crippen molar-refractivity contribution in [2.24, 2.45) is 0 Å². The molecule has 1 nitrogen and oxygen atoms in total. The van der Waals surface area contributed by atoms with Crippen LogP contribution in [0.2, 0.25) is 13.1 Å². The monoisotopic (exact) mass is 580 g/mol. The van der Waals surface area contributed by atoms with Crippen molar-refractivity contribution in [3.63, 3.8) is 0 Å². The maximum absolute atomic E-state index is 6.57. The van der Waals surface area contributed by atoms with Crippen molar-refractivity contribution in [3.8, 4) is 16.9 Å². The summed E-state index contributed by atoms with van der Waals surface area (Å²) in [6.07, 6.45) is 4.48. The molecular formula is C39H37OPSi. The first-order valence-electron chi connectivity index (χ1n) is 14.6. The lowest BCUT2D eigenvalue weighted by atomic mass is 10.0. The average Bonchev–Trinajstić information content (AvgIpc) is 3.42. The maximum atomic E-state index is 6.57. The van der Waals surface area contributed by atoms with Crippen molar-refractivity contribution in [2.75, 3.05) is 6.61 Å². The highest BCUT2D eigenvalue weighted by atomic mass is 31.1. The fourth-order valence-electron chi connectivity index (χ4n) is 6.26. The lowest BCUT2D eigenvalue weighted by molar-refractivity contribution is 0.367. The van der Waals surface area contributed by atoms with Gasteiger partial charge in [-0.05, 0) is 58.7 Å². The molecule has 1 aliphatic rings. The van der Waals surface area contributed by atoms with Crippen molar-refractivity contribution in [2.45, 2.75) is 25.6 Å². The Bertz CT molecular complexity index is 1690. The number of allylic oxidation sites excluding steroid dienone is 1. The van der Waals surface area contributed by atoms with Gasteiger partial charge in [0, 0.05) is 11.1 Å². The van der Waals surface area contributed by atoms with E-state index >= 15 is 0 Å². The van der Waals surface area contributed by atoms with E-state index < -0.39 is 16.0 Å². The highest BCUT2D eigenvalue weighted by Gasteiger charge is 2.42. The number of hydrogen-bond donors (Lipinski definition) is 0. The van der Waals surface area contributed by atoms with Crippen LogP contribution >= 0.6 is 7.92 Å². The second-order valence-electron chi connectivity index (χ2n) is 11.5. The van der Waals surface area contributed by atoms with Crippen molar-refractivity contribution in [1.29, 1.82) is 0 Å². The zero-order valence-corrected chi connectivity index (χ0v) is 26.5. The predicted molar refractivity (Wildman–Crippen MR) is 186 cm³/mol. The van der Waals surface area contributed by atoms with E-state index in [4.69, 9.17) is 4.74 Å². The molecule has 0 radical (unpaired) electrons. The Labute approximate surface area is 253 Å². The number of fused-ring (bicyclic) bond motifs is 1. The van der Waals surface area contributed by atoms with Crippen LogP contribution in [-0.4, -0.2) is 14.7 Å². The molecule has 0 aromatic heterocycles. The quantitative estimate of drug-likeness (QED) is 0.0961. The van der Waals surface area contributed by atoms with Crippen molar-refractivity contribution in [1.82, 2.24) is 0 Å². The van der Waals surface area contributed by atoms with E-state index in [0.29, 0.717) is 12.1 Å². The van der Waals surface area contributed by atoms with E-state index in [9.17, 15) is 0 Å². The number of hydrogen-bond acceptors (Lipinski definition) is 1. The molecule has 0 bridgehead atoms. The smallest absolute Gasteiger partial charge is 0.126 e. The van der Waals surface area contributed by atoms with Crippen LogP contribution in [0.25, 0.3) is 16.4 Å². The van der Waals surface area contributed by atoms with Gasteiger partial charge in [0.2, 0.25) is 0 Å². The third-order valence-electron chi connectivity index (χ3n) is 8.30. The Hall–Kier alpha value is -3.97. The Morgan fingerprint density at radius 2 is 1.31 bits per heavy atom. The first-order valence-corrected chi connectivity index (χ1v) is 19.1. The van der Waals surface area contributed by atoms with Crippen LogP contribution in [0.3, 0.4) is 0 Å². The molecule has 1 unspecified atom stereocenters. The van der Waals surface area contributed by atoms with Crippen LogP contribution < -0.4 is 20.5 Å². The van der Waals surface area contributed by atoms with Crippen LogP contribution in [0.15, 0.2) is 146 Å². The zero-order valence-electron chi connectivity index (χ0n) is 24.6. The van der Waals surface area contributed by atoms with Crippen molar-refractivity contribution >= 4 is 37.1 Å². The second kappa shape index (κ2) is 12.1. The van der Waals surface area contributed by atoms with Gasteiger partial charge in [0.1, 0.15) is 12.4 Å². The summed E-state index contributed by atoms with van der Waals surface area (Å²) in [7, 11) is -2.91. The SMILES string of the molecule is C=CCOc1c(-c2ccccc2)cc(C)cc1[Si](C)(C)C1C=C(P(c2ccccc2)c2ccccc2)c2ccccc21. The molecule has 42 heavy (non-hydrogen) atoms. The number of rotatable bonds is 9. The molecule has 6 rings (SSSR count). The first kappa shape index (κ1) is 28.2. The van der Waals surface area contributed by atoms with Gasteiger partial charge in [-0.15, -0.1) is 0 Å². The van der Waals surface area contributed by atoms with Gasteiger partial charge in [0.15, 0.2) is 0 Å². The summed E-state index contributed by atoms with van der Waals surface area (Å²) in [5, 5.41) is 5.60. The third kappa shape index (κ3) is 5.33. The summed E-state index contributed by atoms with van der Waals surface area (Å²) in [5.41, 5.74) is 6.78. The van der Waals surface area contributed by atoms with Crippen molar-refractivity contribution in [3.05, 3.63) is 163 Å². The van der Waals surface area contributed by atoms with Gasteiger partial charge in [-0.2, -0.15) is 0 Å². The van der Waals surface area contributed by atoms with E-state index in [-0.39, 0.29) is 0 Å². The van der Waals surface area contributed by atoms with E-state index in [2.05, 4.69) is 160 Å². The summed E-state index contributed by atoms with van der Waals surface area (Å²) in [6.45, 7) is 11.7. The normalized spacial score (nSPS) is 14.4. The van der Waals surface area contributed by atoms with E-state index in [1.54, 1.807) is 0 Å². The minimum absolute atomic E-state index is 0.317. The molecule has 0 fully saturated rings. The van der Waals surface area contributed by atoms with Gasteiger partial charge in [0.25, 0.3) is 0 Å². The number of aryl methyl sites for hydroxylation is 1. The lowest BCUT2D eigenvalue weighted by Gasteiger charge is -2.33. The molecule has 0 saturated heterocycles. The molecule has 0 amide bonds. The van der Waals surface area contributed by atoms with Crippen molar-refractivity contribution < 1.29 is 4.74 Å². The highest BCUT2D eigenvalue weighted by molar-refractivity contribution is 7.82. The van der Waals surface area contributed by atoms with Gasteiger partial charge >= 0.3 is 0 Å².